The highest BCUT2D eigenvalue weighted by Crippen LogP contribution is 2.37. The van der Waals surface area contributed by atoms with Gasteiger partial charge < -0.3 is 18.9 Å². The Hall–Kier alpha value is -4.25. The lowest BCUT2D eigenvalue weighted by atomic mass is 9.92. The Labute approximate surface area is 236 Å². The summed E-state index contributed by atoms with van der Waals surface area (Å²) in [6.07, 6.45) is -2.63. The van der Waals surface area contributed by atoms with E-state index in [-0.39, 0.29) is 13.2 Å². The maximum absolute atomic E-state index is 13.9. The summed E-state index contributed by atoms with van der Waals surface area (Å²) in [6.45, 7) is 1.84. The van der Waals surface area contributed by atoms with Crippen molar-refractivity contribution in [1.82, 2.24) is 13.9 Å². The third-order valence-electron chi connectivity index (χ3n) is 7.43. The average Bonchev–Trinajstić information content (AvgIpc) is 3.24. The smallest absolute Gasteiger partial charge is 0.352 e. The van der Waals surface area contributed by atoms with Crippen LogP contribution in [0.3, 0.4) is 0 Å². The molecule has 3 aromatic carbocycles. The van der Waals surface area contributed by atoms with E-state index in [2.05, 4.69) is 0 Å². The highest BCUT2D eigenvalue weighted by atomic mass is 16.7. The molecule has 0 saturated carbocycles. The molecule has 212 valence electrons. The summed E-state index contributed by atoms with van der Waals surface area (Å²) in [6, 6.07) is 27.4. The minimum Gasteiger partial charge on any atom is -0.458 e. The standard InChI is InChI=1S/C31H31N3O7/c1-21(35)40-26-18-32-30(36)33(24-15-9-4-10-16-24)31(37)34(32)28-25(38-19-22-11-5-2-6-12-22)17-27(41-29(26)28)39-20-23-13-7-3-8-14-23/h2-16,25-29H,17-20H2,1H3/t25-,26-,27?,28-,29+/m1/s1. The van der Waals surface area contributed by atoms with Gasteiger partial charge in [0.05, 0.1) is 31.5 Å². The van der Waals surface area contributed by atoms with Crippen LogP contribution in [0.1, 0.15) is 30.5 Å². The van der Waals surface area contributed by atoms with Gasteiger partial charge in [-0.1, -0.05) is 78.9 Å². The van der Waals surface area contributed by atoms with Gasteiger partial charge in [0.25, 0.3) is 0 Å². The lowest BCUT2D eigenvalue weighted by molar-refractivity contribution is -0.275. The molecule has 2 aliphatic heterocycles. The van der Waals surface area contributed by atoms with E-state index in [4.69, 9.17) is 18.9 Å². The number of carbonyl (C=O) groups is 1. The van der Waals surface area contributed by atoms with Gasteiger partial charge in [-0.05, 0) is 23.3 Å². The van der Waals surface area contributed by atoms with Crippen LogP contribution in [0.4, 0.5) is 0 Å². The molecule has 1 aromatic heterocycles. The Morgan fingerprint density at radius 2 is 1.39 bits per heavy atom. The molecule has 6 rings (SSSR count). The molecule has 0 N–H and O–H groups in total. The molecule has 1 saturated heterocycles. The van der Waals surface area contributed by atoms with Gasteiger partial charge in [-0.15, -0.1) is 0 Å². The Kier molecular flexibility index (Phi) is 7.69. The molecule has 1 fully saturated rings. The van der Waals surface area contributed by atoms with Crippen molar-refractivity contribution < 1.29 is 23.7 Å². The SMILES string of the molecule is CC(=O)O[C@@H]1Cn2c(=O)n(-c3ccccc3)c(=O)n2[C@H]2[C@H]1OC(OCc1ccccc1)C[C@H]2OCc1ccccc1. The van der Waals surface area contributed by atoms with Crippen LogP contribution in [0.5, 0.6) is 0 Å². The van der Waals surface area contributed by atoms with Crippen LogP contribution in [0.15, 0.2) is 101 Å². The zero-order valence-corrected chi connectivity index (χ0v) is 22.6. The van der Waals surface area contributed by atoms with E-state index in [0.29, 0.717) is 18.7 Å². The number of esters is 1. The van der Waals surface area contributed by atoms with Crippen LogP contribution in [0.2, 0.25) is 0 Å². The number of nitrogens with zero attached hydrogens (tertiary/aromatic N) is 3. The van der Waals surface area contributed by atoms with E-state index >= 15 is 0 Å². The number of hydrogen-bond acceptors (Lipinski definition) is 7. The summed E-state index contributed by atoms with van der Waals surface area (Å²) in [7, 11) is 0. The molecule has 0 bridgehead atoms. The Balaban J connectivity index is 1.39. The van der Waals surface area contributed by atoms with Crippen LogP contribution in [-0.4, -0.2) is 44.5 Å². The number of aromatic nitrogens is 3. The molecule has 0 spiro atoms. The third-order valence-corrected chi connectivity index (χ3v) is 7.43. The van der Waals surface area contributed by atoms with Gasteiger partial charge in [0, 0.05) is 13.3 Å². The highest BCUT2D eigenvalue weighted by molar-refractivity contribution is 5.66. The summed E-state index contributed by atoms with van der Waals surface area (Å²) in [5.74, 6) is -0.516. The number of para-hydroxylation sites is 1. The van der Waals surface area contributed by atoms with Gasteiger partial charge in [-0.3, -0.25) is 4.79 Å². The maximum Gasteiger partial charge on any atom is 0.352 e. The number of benzene rings is 3. The predicted octanol–water partition coefficient (Wildman–Crippen LogP) is 3.20. The summed E-state index contributed by atoms with van der Waals surface area (Å²) in [4.78, 5) is 39.7. The van der Waals surface area contributed by atoms with Crippen LogP contribution >= 0.6 is 0 Å². The normalized spacial score (nSPS) is 23.4. The number of ether oxygens (including phenoxy) is 4. The Morgan fingerprint density at radius 1 is 0.805 bits per heavy atom. The molecule has 5 atom stereocenters. The van der Waals surface area contributed by atoms with E-state index in [1.54, 1.807) is 24.3 Å². The molecular weight excluding hydrogens is 526 g/mol. The zero-order chi connectivity index (χ0) is 28.3. The first-order chi connectivity index (χ1) is 20.0. The lowest BCUT2D eigenvalue weighted by Gasteiger charge is -2.46. The van der Waals surface area contributed by atoms with Crippen molar-refractivity contribution in [1.29, 1.82) is 0 Å². The molecule has 10 nitrogen and oxygen atoms in total. The van der Waals surface area contributed by atoms with Gasteiger partial charge in [0.2, 0.25) is 0 Å². The first kappa shape index (κ1) is 26.9. The zero-order valence-electron chi connectivity index (χ0n) is 22.6. The number of hydrogen-bond donors (Lipinski definition) is 0. The molecule has 1 unspecified atom stereocenters. The minimum atomic E-state index is -0.841. The largest absolute Gasteiger partial charge is 0.458 e. The second-order valence-electron chi connectivity index (χ2n) is 10.2. The van der Waals surface area contributed by atoms with E-state index in [9.17, 15) is 14.4 Å². The number of carbonyl (C=O) groups excluding carboxylic acids is 1. The second kappa shape index (κ2) is 11.7. The predicted molar refractivity (Wildman–Crippen MR) is 148 cm³/mol. The van der Waals surface area contributed by atoms with Crippen molar-refractivity contribution in [2.75, 3.05) is 0 Å². The quantitative estimate of drug-likeness (QED) is 0.307. The second-order valence-corrected chi connectivity index (χ2v) is 10.2. The molecule has 4 aromatic rings. The molecule has 0 radical (unpaired) electrons. The molecule has 41 heavy (non-hydrogen) atoms. The van der Waals surface area contributed by atoms with E-state index in [0.717, 1.165) is 15.7 Å². The molecule has 10 heteroatoms. The van der Waals surface area contributed by atoms with E-state index in [1.807, 2.05) is 66.7 Å². The molecular formula is C31H31N3O7. The van der Waals surface area contributed by atoms with Crippen molar-refractivity contribution in [3.8, 4) is 5.69 Å². The fraction of sp³-hybridized carbons (Fsp3) is 0.323. The van der Waals surface area contributed by atoms with Crippen molar-refractivity contribution >= 4 is 5.97 Å². The molecule has 0 aliphatic carbocycles. The number of fused-ring (bicyclic) bond motifs is 3. The topological polar surface area (TPSA) is 103 Å². The fourth-order valence-corrected chi connectivity index (χ4v) is 5.61. The van der Waals surface area contributed by atoms with Crippen LogP contribution in [0.25, 0.3) is 5.69 Å². The summed E-state index contributed by atoms with van der Waals surface area (Å²) < 4.78 is 28.6. The van der Waals surface area contributed by atoms with Crippen molar-refractivity contribution in [3.63, 3.8) is 0 Å². The first-order valence-corrected chi connectivity index (χ1v) is 13.6. The summed E-state index contributed by atoms with van der Waals surface area (Å²) in [5.41, 5.74) is 1.33. The van der Waals surface area contributed by atoms with Crippen molar-refractivity contribution in [3.05, 3.63) is 123 Å². The van der Waals surface area contributed by atoms with Gasteiger partial charge in [0.15, 0.2) is 6.29 Å². The minimum absolute atomic E-state index is 0.0501. The monoisotopic (exact) mass is 557 g/mol. The van der Waals surface area contributed by atoms with Gasteiger partial charge in [-0.2, -0.15) is 0 Å². The van der Waals surface area contributed by atoms with Crippen LogP contribution < -0.4 is 11.4 Å². The van der Waals surface area contributed by atoms with E-state index in [1.165, 1.54) is 16.3 Å². The summed E-state index contributed by atoms with van der Waals surface area (Å²) in [5, 5.41) is 0. The molecule has 2 aliphatic rings. The Bertz CT molecular complexity index is 1600. The molecule has 3 heterocycles. The van der Waals surface area contributed by atoms with Crippen molar-refractivity contribution in [2.45, 2.75) is 63.7 Å². The van der Waals surface area contributed by atoms with Crippen molar-refractivity contribution in [2.24, 2.45) is 0 Å². The van der Waals surface area contributed by atoms with Gasteiger partial charge in [-0.25, -0.2) is 23.5 Å². The fourth-order valence-electron chi connectivity index (χ4n) is 5.61. The first-order valence-electron chi connectivity index (χ1n) is 13.6. The summed E-state index contributed by atoms with van der Waals surface area (Å²) >= 11 is 0. The van der Waals surface area contributed by atoms with Crippen LogP contribution in [0, 0.1) is 0 Å². The van der Waals surface area contributed by atoms with Crippen LogP contribution in [-0.2, 0) is 43.5 Å². The van der Waals surface area contributed by atoms with Gasteiger partial charge >= 0.3 is 17.3 Å². The molecule has 0 amide bonds. The Morgan fingerprint density at radius 3 is 2.00 bits per heavy atom. The number of rotatable bonds is 8. The van der Waals surface area contributed by atoms with Gasteiger partial charge in [0.1, 0.15) is 18.2 Å². The lowest BCUT2D eigenvalue weighted by Crippen LogP contribution is -2.60. The highest BCUT2D eigenvalue weighted by Gasteiger charge is 2.51. The van der Waals surface area contributed by atoms with E-state index < -0.39 is 48.0 Å². The maximum atomic E-state index is 13.9. The third kappa shape index (κ3) is 5.54. The average molecular weight is 558 g/mol.